The van der Waals surface area contributed by atoms with E-state index in [0.29, 0.717) is 25.6 Å². The molecule has 4 rings (SSSR count). The molecule has 0 spiro atoms. The van der Waals surface area contributed by atoms with E-state index < -0.39 is 19.2 Å². The minimum absolute atomic E-state index is 0.119. The average Bonchev–Trinajstić information content (AvgIpc) is 3.04. The maximum atomic E-state index is 12.9. The van der Waals surface area contributed by atoms with E-state index in [1.165, 1.54) is 6.26 Å². The summed E-state index contributed by atoms with van der Waals surface area (Å²) in [5.74, 6) is -0.813. The molecule has 0 saturated heterocycles. The van der Waals surface area contributed by atoms with Crippen molar-refractivity contribution in [3.05, 3.63) is 75.4 Å². The van der Waals surface area contributed by atoms with Crippen molar-refractivity contribution in [1.29, 1.82) is 0 Å². The number of hydrogen-bond acceptors (Lipinski definition) is 3. The van der Waals surface area contributed by atoms with Gasteiger partial charge in [-0.25, -0.2) is 0 Å². The first-order valence-electron chi connectivity index (χ1n) is 8.45. The van der Waals surface area contributed by atoms with E-state index in [-0.39, 0.29) is 5.56 Å². The lowest BCUT2D eigenvalue weighted by Crippen LogP contribution is -2.21. The van der Waals surface area contributed by atoms with E-state index in [4.69, 9.17) is 4.42 Å². The van der Waals surface area contributed by atoms with Crippen LogP contribution in [-0.4, -0.2) is 15.7 Å². The Morgan fingerprint density at radius 1 is 1.03 bits per heavy atom. The lowest BCUT2D eigenvalue weighted by molar-refractivity contribution is -0.116. The summed E-state index contributed by atoms with van der Waals surface area (Å²) < 4.78 is 19.0. The van der Waals surface area contributed by atoms with Gasteiger partial charge in [-0.15, -0.1) is 0 Å². The first-order valence-corrected chi connectivity index (χ1v) is 11.7. The monoisotopic (exact) mass is 537 g/mol. The molecule has 1 unspecified atom stereocenters. The Bertz CT molecular complexity index is 1300. The largest absolute Gasteiger partial charge is 0.463 e. The molecule has 0 aliphatic carbocycles. The van der Waals surface area contributed by atoms with Gasteiger partial charge in [0.25, 0.3) is 0 Å². The van der Waals surface area contributed by atoms with Crippen LogP contribution in [0, 0.1) is 0 Å². The van der Waals surface area contributed by atoms with Crippen molar-refractivity contribution in [2.45, 2.75) is 5.66 Å². The zero-order valence-corrected chi connectivity index (χ0v) is 18.7. The molecule has 0 aliphatic rings. The molecule has 3 aromatic carbocycles. The Morgan fingerprint density at radius 2 is 1.76 bits per heavy atom. The minimum atomic E-state index is -4.84. The summed E-state index contributed by atoms with van der Waals surface area (Å²) in [6.07, 6.45) is 1.21. The number of benzene rings is 3. The predicted octanol–water partition coefficient (Wildman–Crippen LogP) is 5.97. The molecule has 0 aliphatic heterocycles. The van der Waals surface area contributed by atoms with E-state index in [1.807, 2.05) is 30.3 Å². The molecule has 0 fully saturated rings. The smallest absolute Gasteiger partial charge is 0.342 e. The Balaban J connectivity index is 1.75. The highest BCUT2D eigenvalue weighted by atomic mass is 79.9. The Hall–Kier alpha value is -1.96. The zero-order valence-electron chi connectivity index (χ0n) is 14.7. The van der Waals surface area contributed by atoms with Crippen molar-refractivity contribution in [2.75, 3.05) is 5.32 Å². The SMILES string of the molecule is O=C(Nc1ccc2ccccc2c1)C(c1coc2c(Br)cc(Br)cc12)P(=O)(O)O. The fraction of sp³-hybridized carbons (Fsp3) is 0.0500. The molecule has 9 heteroatoms. The van der Waals surface area contributed by atoms with Crippen molar-refractivity contribution in [2.24, 2.45) is 0 Å². The number of rotatable bonds is 4. The van der Waals surface area contributed by atoms with Crippen LogP contribution in [0.15, 0.2) is 74.2 Å². The number of anilines is 1. The van der Waals surface area contributed by atoms with E-state index >= 15 is 0 Å². The molecule has 1 heterocycles. The molecule has 6 nitrogen and oxygen atoms in total. The van der Waals surface area contributed by atoms with Gasteiger partial charge in [0.15, 0.2) is 5.66 Å². The van der Waals surface area contributed by atoms with Gasteiger partial charge in [-0.2, -0.15) is 0 Å². The quantitative estimate of drug-likeness (QED) is 0.278. The maximum Gasteiger partial charge on any atom is 0.342 e. The van der Waals surface area contributed by atoms with Crippen LogP contribution >= 0.6 is 39.5 Å². The molecule has 3 N–H and O–H groups in total. The summed E-state index contributed by atoms with van der Waals surface area (Å²) in [6, 6.07) is 16.3. The first kappa shape index (κ1) is 20.3. The summed E-state index contributed by atoms with van der Waals surface area (Å²) in [7, 11) is -4.84. The molecule has 1 aromatic heterocycles. The highest BCUT2D eigenvalue weighted by Crippen LogP contribution is 2.54. The highest BCUT2D eigenvalue weighted by Gasteiger charge is 2.39. The number of halogens is 2. The van der Waals surface area contributed by atoms with Crippen molar-refractivity contribution < 1.29 is 23.6 Å². The predicted molar refractivity (Wildman–Crippen MR) is 119 cm³/mol. The molecule has 0 saturated carbocycles. The third-order valence-corrected chi connectivity index (χ3v) is 6.75. The van der Waals surface area contributed by atoms with E-state index in [0.717, 1.165) is 10.8 Å². The van der Waals surface area contributed by atoms with Gasteiger partial charge < -0.3 is 19.5 Å². The minimum Gasteiger partial charge on any atom is -0.463 e. The van der Waals surface area contributed by atoms with Gasteiger partial charge in [-0.05, 0) is 51.0 Å². The average molecular weight is 539 g/mol. The highest BCUT2D eigenvalue weighted by molar-refractivity contribution is 9.11. The van der Waals surface area contributed by atoms with Gasteiger partial charge >= 0.3 is 7.60 Å². The first-order chi connectivity index (χ1) is 13.7. The lowest BCUT2D eigenvalue weighted by Gasteiger charge is -2.17. The fourth-order valence-electron chi connectivity index (χ4n) is 3.25. The second-order valence-electron chi connectivity index (χ2n) is 6.50. The summed E-state index contributed by atoms with van der Waals surface area (Å²) in [4.78, 5) is 32.8. The number of carbonyl (C=O) groups excluding carboxylic acids is 1. The number of furan rings is 1. The Kier molecular flexibility index (Phi) is 5.40. The fourth-order valence-corrected chi connectivity index (χ4v) is 5.50. The second-order valence-corrected chi connectivity index (χ2v) is 9.96. The summed E-state index contributed by atoms with van der Waals surface area (Å²) >= 11 is 6.71. The van der Waals surface area contributed by atoms with Crippen molar-refractivity contribution in [3.8, 4) is 0 Å². The normalized spacial score (nSPS) is 13.0. The van der Waals surface area contributed by atoms with Gasteiger partial charge in [-0.3, -0.25) is 9.36 Å². The van der Waals surface area contributed by atoms with Crippen LogP contribution in [0.2, 0.25) is 0 Å². The standard InChI is InChI=1S/C20H14Br2NO5P/c21-13-8-15-16(10-28-18(15)17(22)9-13)19(29(25,26)27)20(24)23-14-6-5-11-3-1-2-4-12(11)7-14/h1-10,19H,(H,23,24)(H2,25,26,27). The number of nitrogens with one attached hydrogen (secondary N) is 1. The Labute approximate surface area is 182 Å². The maximum absolute atomic E-state index is 12.9. The molecule has 1 amide bonds. The van der Waals surface area contributed by atoms with Crippen LogP contribution in [-0.2, 0) is 9.36 Å². The molecule has 29 heavy (non-hydrogen) atoms. The summed E-state index contributed by atoms with van der Waals surface area (Å²) in [6.45, 7) is 0. The summed E-state index contributed by atoms with van der Waals surface area (Å²) in [5, 5.41) is 4.96. The topological polar surface area (TPSA) is 99.8 Å². The number of amides is 1. The van der Waals surface area contributed by atoms with Crippen molar-refractivity contribution in [3.63, 3.8) is 0 Å². The van der Waals surface area contributed by atoms with Gasteiger partial charge in [-0.1, -0.05) is 46.3 Å². The van der Waals surface area contributed by atoms with E-state index in [1.54, 1.807) is 24.3 Å². The molecule has 1 atom stereocenters. The molecular weight excluding hydrogens is 525 g/mol. The van der Waals surface area contributed by atoms with Crippen molar-refractivity contribution >= 4 is 72.8 Å². The van der Waals surface area contributed by atoms with Crippen LogP contribution in [0.5, 0.6) is 0 Å². The third kappa shape index (κ3) is 4.04. The number of hydrogen-bond donors (Lipinski definition) is 3. The molecule has 4 aromatic rings. The molecule has 0 bridgehead atoms. The number of carbonyl (C=O) groups is 1. The summed E-state index contributed by atoms with van der Waals surface area (Å²) in [5.41, 5.74) is -0.743. The van der Waals surface area contributed by atoms with E-state index in [9.17, 15) is 19.1 Å². The molecular formula is C20H14Br2NO5P. The number of fused-ring (bicyclic) bond motifs is 2. The van der Waals surface area contributed by atoms with Crippen LogP contribution in [0.1, 0.15) is 11.2 Å². The van der Waals surface area contributed by atoms with Crippen molar-refractivity contribution in [1.82, 2.24) is 0 Å². The molecule has 148 valence electrons. The molecule has 0 radical (unpaired) electrons. The van der Waals surface area contributed by atoms with Gasteiger partial charge in [0.1, 0.15) is 5.58 Å². The Morgan fingerprint density at radius 3 is 2.48 bits per heavy atom. The van der Waals surface area contributed by atoms with Crippen LogP contribution < -0.4 is 5.32 Å². The van der Waals surface area contributed by atoms with E-state index in [2.05, 4.69) is 37.2 Å². The van der Waals surface area contributed by atoms with Gasteiger partial charge in [0.05, 0.1) is 10.7 Å². The third-order valence-electron chi connectivity index (χ3n) is 4.52. The van der Waals surface area contributed by atoms with Gasteiger partial charge in [0, 0.05) is 21.1 Å². The van der Waals surface area contributed by atoms with Crippen LogP contribution in [0.3, 0.4) is 0 Å². The lowest BCUT2D eigenvalue weighted by atomic mass is 10.1. The second kappa shape index (κ2) is 7.70. The van der Waals surface area contributed by atoms with Crippen LogP contribution in [0.4, 0.5) is 5.69 Å². The van der Waals surface area contributed by atoms with Crippen LogP contribution in [0.25, 0.3) is 21.7 Å². The zero-order chi connectivity index (χ0) is 20.8. The van der Waals surface area contributed by atoms with Gasteiger partial charge in [0.2, 0.25) is 5.91 Å².